The Morgan fingerprint density at radius 3 is 2.95 bits per heavy atom. The minimum absolute atomic E-state index is 0.589. The molecule has 0 saturated carbocycles. The fourth-order valence-corrected chi connectivity index (χ4v) is 3.09. The SMILES string of the molecule is COc1ccc2c3c(n(CCN(C)C)c2c1)C(O)NCC3. The van der Waals surface area contributed by atoms with Crippen LogP contribution < -0.4 is 10.1 Å². The fourth-order valence-electron chi connectivity index (χ4n) is 3.09. The molecule has 0 saturated heterocycles. The average molecular weight is 289 g/mol. The molecule has 1 aromatic heterocycles. The molecule has 0 spiro atoms. The highest BCUT2D eigenvalue weighted by atomic mass is 16.5. The predicted molar refractivity (Wildman–Crippen MR) is 83.7 cm³/mol. The normalized spacial score (nSPS) is 18.2. The standard InChI is InChI=1S/C16H23N3O2/c1-18(2)8-9-19-14-10-11(21-3)4-5-12(14)13-6-7-17-16(20)15(13)19/h4-5,10,16-17,20H,6-9H2,1-3H3. The maximum atomic E-state index is 10.4. The molecule has 3 rings (SSSR count). The van der Waals surface area contributed by atoms with Gasteiger partial charge in [0.15, 0.2) is 0 Å². The van der Waals surface area contributed by atoms with Crippen molar-refractivity contribution in [2.75, 3.05) is 34.3 Å². The van der Waals surface area contributed by atoms with Gasteiger partial charge in [-0.05, 0) is 38.2 Å². The minimum atomic E-state index is -0.589. The molecule has 0 aliphatic carbocycles. The van der Waals surface area contributed by atoms with Crippen LogP contribution in [-0.4, -0.2) is 48.9 Å². The van der Waals surface area contributed by atoms with Gasteiger partial charge in [0.1, 0.15) is 12.0 Å². The van der Waals surface area contributed by atoms with Crippen LogP contribution in [0, 0.1) is 0 Å². The van der Waals surface area contributed by atoms with Gasteiger partial charge in [0.05, 0.1) is 18.3 Å². The molecule has 1 aromatic carbocycles. The van der Waals surface area contributed by atoms with E-state index in [2.05, 4.69) is 41.0 Å². The van der Waals surface area contributed by atoms with Crippen molar-refractivity contribution in [3.8, 4) is 5.75 Å². The van der Waals surface area contributed by atoms with Crippen molar-refractivity contribution in [3.05, 3.63) is 29.5 Å². The molecule has 1 unspecified atom stereocenters. The van der Waals surface area contributed by atoms with Gasteiger partial charge in [-0.15, -0.1) is 0 Å². The predicted octanol–water partition coefficient (Wildman–Crippen LogP) is 1.35. The lowest BCUT2D eigenvalue weighted by molar-refractivity contribution is 0.123. The summed E-state index contributed by atoms with van der Waals surface area (Å²) >= 11 is 0. The third-order valence-electron chi connectivity index (χ3n) is 4.16. The highest BCUT2D eigenvalue weighted by Crippen LogP contribution is 2.34. The van der Waals surface area contributed by atoms with Crippen molar-refractivity contribution in [2.24, 2.45) is 0 Å². The molecule has 0 fully saturated rings. The third-order valence-corrected chi connectivity index (χ3v) is 4.16. The highest BCUT2D eigenvalue weighted by Gasteiger charge is 2.26. The van der Waals surface area contributed by atoms with Crippen molar-refractivity contribution >= 4 is 10.9 Å². The van der Waals surface area contributed by atoms with Gasteiger partial charge < -0.3 is 19.3 Å². The van der Waals surface area contributed by atoms with Crippen LogP contribution in [0.3, 0.4) is 0 Å². The van der Waals surface area contributed by atoms with Gasteiger partial charge in [0.25, 0.3) is 0 Å². The van der Waals surface area contributed by atoms with Crippen LogP contribution in [0.25, 0.3) is 10.9 Å². The molecule has 5 nitrogen and oxygen atoms in total. The summed E-state index contributed by atoms with van der Waals surface area (Å²) in [5, 5.41) is 14.7. The summed E-state index contributed by atoms with van der Waals surface area (Å²) in [4.78, 5) is 2.15. The fraction of sp³-hybridized carbons (Fsp3) is 0.500. The number of ether oxygens (including phenoxy) is 1. The zero-order valence-electron chi connectivity index (χ0n) is 12.9. The zero-order chi connectivity index (χ0) is 15.0. The van der Waals surface area contributed by atoms with Gasteiger partial charge in [-0.3, -0.25) is 5.32 Å². The molecule has 114 valence electrons. The van der Waals surface area contributed by atoms with Crippen molar-refractivity contribution < 1.29 is 9.84 Å². The molecule has 1 atom stereocenters. The number of rotatable bonds is 4. The highest BCUT2D eigenvalue weighted by molar-refractivity contribution is 5.87. The summed E-state index contributed by atoms with van der Waals surface area (Å²) in [5.74, 6) is 0.853. The second-order valence-corrected chi connectivity index (χ2v) is 5.81. The number of benzene rings is 1. The van der Waals surface area contributed by atoms with E-state index in [1.54, 1.807) is 7.11 Å². The number of methoxy groups -OCH3 is 1. The number of aliphatic hydroxyl groups is 1. The molecule has 2 heterocycles. The number of nitrogens with zero attached hydrogens (tertiary/aromatic N) is 2. The molecule has 1 aliphatic heterocycles. The Balaban J connectivity index is 2.17. The van der Waals surface area contributed by atoms with E-state index in [0.717, 1.165) is 43.0 Å². The van der Waals surface area contributed by atoms with E-state index in [9.17, 15) is 5.11 Å². The quantitative estimate of drug-likeness (QED) is 0.892. The summed E-state index contributed by atoms with van der Waals surface area (Å²) in [5.41, 5.74) is 3.41. The third kappa shape index (κ3) is 2.52. The maximum absolute atomic E-state index is 10.4. The van der Waals surface area contributed by atoms with Crippen LogP contribution >= 0.6 is 0 Å². The Morgan fingerprint density at radius 1 is 1.43 bits per heavy atom. The molecule has 5 heteroatoms. The van der Waals surface area contributed by atoms with E-state index in [1.165, 1.54) is 10.9 Å². The Morgan fingerprint density at radius 2 is 2.24 bits per heavy atom. The molecule has 0 bridgehead atoms. The minimum Gasteiger partial charge on any atom is -0.497 e. The summed E-state index contributed by atoms with van der Waals surface area (Å²) in [6.45, 7) is 2.60. The first-order chi connectivity index (χ1) is 10.1. The molecule has 2 aromatic rings. The van der Waals surface area contributed by atoms with E-state index in [0.29, 0.717) is 0 Å². The molecule has 0 amide bonds. The summed E-state index contributed by atoms with van der Waals surface area (Å²) in [6.07, 6.45) is 0.360. The van der Waals surface area contributed by atoms with E-state index < -0.39 is 6.23 Å². The van der Waals surface area contributed by atoms with E-state index in [4.69, 9.17) is 4.74 Å². The van der Waals surface area contributed by atoms with E-state index >= 15 is 0 Å². The number of likely N-dealkylation sites (N-methyl/N-ethyl adjacent to an activating group) is 1. The van der Waals surface area contributed by atoms with E-state index in [-0.39, 0.29) is 0 Å². The Hall–Kier alpha value is -1.56. The first kappa shape index (κ1) is 14.4. The lowest BCUT2D eigenvalue weighted by Gasteiger charge is -2.23. The number of aromatic nitrogens is 1. The largest absolute Gasteiger partial charge is 0.497 e. The van der Waals surface area contributed by atoms with Crippen LogP contribution in [0.2, 0.25) is 0 Å². The van der Waals surface area contributed by atoms with Crippen molar-refractivity contribution in [2.45, 2.75) is 19.2 Å². The van der Waals surface area contributed by atoms with Gasteiger partial charge in [-0.1, -0.05) is 0 Å². The summed E-state index contributed by atoms with van der Waals surface area (Å²) in [6, 6.07) is 6.17. The molecule has 0 radical (unpaired) electrons. The number of nitrogens with one attached hydrogen (secondary N) is 1. The number of aliphatic hydroxyl groups excluding tert-OH is 1. The molecular weight excluding hydrogens is 266 g/mol. The van der Waals surface area contributed by atoms with Crippen molar-refractivity contribution in [1.29, 1.82) is 0 Å². The molecule has 2 N–H and O–H groups in total. The van der Waals surface area contributed by atoms with Crippen molar-refractivity contribution in [3.63, 3.8) is 0 Å². The monoisotopic (exact) mass is 289 g/mol. The lowest BCUT2D eigenvalue weighted by atomic mass is 10.0. The summed E-state index contributed by atoms with van der Waals surface area (Å²) < 4.78 is 7.59. The first-order valence-corrected chi connectivity index (χ1v) is 7.37. The molecular formula is C16H23N3O2. The average Bonchev–Trinajstić information content (AvgIpc) is 2.79. The van der Waals surface area contributed by atoms with Gasteiger partial charge in [0, 0.05) is 31.1 Å². The number of fused-ring (bicyclic) bond motifs is 3. The van der Waals surface area contributed by atoms with Crippen LogP contribution in [0.15, 0.2) is 18.2 Å². The Kier molecular flexibility index (Phi) is 3.89. The van der Waals surface area contributed by atoms with Crippen LogP contribution in [0.1, 0.15) is 17.5 Å². The van der Waals surface area contributed by atoms with Crippen molar-refractivity contribution in [1.82, 2.24) is 14.8 Å². The van der Waals surface area contributed by atoms with Gasteiger partial charge in [-0.2, -0.15) is 0 Å². The van der Waals surface area contributed by atoms with Crippen LogP contribution in [-0.2, 0) is 13.0 Å². The second kappa shape index (κ2) is 5.67. The molecule has 21 heavy (non-hydrogen) atoms. The number of hydrogen-bond acceptors (Lipinski definition) is 4. The first-order valence-electron chi connectivity index (χ1n) is 7.37. The van der Waals surface area contributed by atoms with Crippen LogP contribution in [0.4, 0.5) is 0 Å². The molecule has 1 aliphatic rings. The van der Waals surface area contributed by atoms with Gasteiger partial charge in [0.2, 0.25) is 0 Å². The summed E-state index contributed by atoms with van der Waals surface area (Å²) in [7, 11) is 5.81. The topological polar surface area (TPSA) is 49.7 Å². The van der Waals surface area contributed by atoms with E-state index in [1.807, 2.05) is 6.07 Å². The van der Waals surface area contributed by atoms with Gasteiger partial charge >= 0.3 is 0 Å². The smallest absolute Gasteiger partial charge is 0.146 e. The second-order valence-electron chi connectivity index (χ2n) is 5.81. The maximum Gasteiger partial charge on any atom is 0.146 e. The number of hydrogen-bond donors (Lipinski definition) is 2. The van der Waals surface area contributed by atoms with Crippen LogP contribution in [0.5, 0.6) is 5.75 Å². The Bertz CT molecular complexity index is 648. The Labute approximate surface area is 125 Å². The zero-order valence-corrected chi connectivity index (χ0v) is 12.9. The van der Waals surface area contributed by atoms with Gasteiger partial charge in [-0.25, -0.2) is 0 Å². The lowest BCUT2D eigenvalue weighted by Crippen LogP contribution is -2.32.